The van der Waals surface area contributed by atoms with E-state index in [4.69, 9.17) is 0 Å². The molecule has 0 unspecified atom stereocenters. The quantitative estimate of drug-likeness (QED) is 0.808. The van der Waals surface area contributed by atoms with Crippen molar-refractivity contribution in [1.82, 2.24) is 14.8 Å². The standard InChI is InChI=1S/C21H24N4O3/c1-15(2)16-3-5-18(6-4-16)23-20(27)17-7-8-22-19(13-17)21(28)25-11-9-24(14-26)10-12-25/h3-8,13-15H,9-12H2,1-2H3,(H,23,27). The monoisotopic (exact) mass is 380 g/mol. The van der Waals surface area contributed by atoms with Crippen LogP contribution in [0.5, 0.6) is 0 Å². The third-order valence-corrected chi connectivity index (χ3v) is 4.83. The van der Waals surface area contributed by atoms with Crippen molar-refractivity contribution >= 4 is 23.9 Å². The van der Waals surface area contributed by atoms with Crippen molar-refractivity contribution in [3.63, 3.8) is 0 Å². The lowest BCUT2D eigenvalue weighted by Crippen LogP contribution is -2.48. The molecule has 0 spiro atoms. The first-order chi connectivity index (χ1) is 13.5. The van der Waals surface area contributed by atoms with Crippen LogP contribution in [-0.2, 0) is 4.79 Å². The number of rotatable bonds is 5. The molecule has 1 N–H and O–H groups in total. The van der Waals surface area contributed by atoms with E-state index >= 15 is 0 Å². The second-order valence-electron chi connectivity index (χ2n) is 7.09. The molecule has 28 heavy (non-hydrogen) atoms. The zero-order valence-corrected chi connectivity index (χ0v) is 16.1. The van der Waals surface area contributed by atoms with Gasteiger partial charge < -0.3 is 15.1 Å². The molecule has 1 aliphatic rings. The average molecular weight is 380 g/mol. The van der Waals surface area contributed by atoms with Crippen molar-refractivity contribution in [3.8, 4) is 0 Å². The molecule has 1 saturated heterocycles. The van der Waals surface area contributed by atoms with Crippen molar-refractivity contribution in [2.75, 3.05) is 31.5 Å². The topological polar surface area (TPSA) is 82.6 Å². The summed E-state index contributed by atoms with van der Waals surface area (Å²) in [6.07, 6.45) is 2.25. The first-order valence-corrected chi connectivity index (χ1v) is 9.34. The Morgan fingerprint density at radius 3 is 2.36 bits per heavy atom. The Morgan fingerprint density at radius 1 is 1.07 bits per heavy atom. The van der Waals surface area contributed by atoms with Crippen LogP contribution < -0.4 is 5.32 Å². The first-order valence-electron chi connectivity index (χ1n) is 9.34. The molecule has 7 nitrogen and oxygen atoms in total. The number of nitrogens with zero attached hydrogens (tertiary/aromatic N) is 3. The predicted molar refractivity (Wildman–Crippen MR) is 106 cm³/mol. The number of anilines is 1. The fraction of sp³-hybridized carbons (Fsp3) is 0.333. The molecular weight excluding hydrogens is 356 g/mol. The van der Waals surface area contributed by atoms with Gasteiger partial charge in [-0.3, -0.25) is 19.4 Å². The summed E-state index contributed by atoms with van der Waals surface area (Å²) in [5, 5.41) is 2.85. The number of nitrogens with one attached hydrogen (secondary N) is 1. The molecule has 0 aliphatic carbocycles. The summed E-state index contributed by atoms with van der Waals surface area (Å²) in [7, 11) is 0. The van der Waals surface area contributed by atoms with Crippen LogP contribution in [-0.4, -0.2) is 59.2 Å². The van der Waals surface area contributed by atoms with E-state index < -0.39 is 0 Å². The summed E-state index contributed by atoms with van der Waals surface area (Å²) in [4.78, 5) is 43.4. The lowest BCUT2D eigenvalue weighted by atomic mass is 10.0. The molecule has 1 fully saturated rings. The number of aromatic nitrogens is 1. The van der Waals surface area contributed by atoms with Crippen molar-refractivity contribution < 1.29 is 14.4 Å². The fourth-order valence-electron chi connectivity index (χ4n) is 3.04. The molecule has 1 aromatic heterocycles. The van der Waals surface area contributed by atoms with E-state index in [1.807, 2.05) is 24.3 Å². The lowest BCUT2D eigenvalue weighted by Gasteiger charge is -2.32. The van der Waals surface area contributed by atoms with Crippen LogP contribution in [0.2, 0.25) is 0 Å². The summed E-state index contributed by atoms with van der Waals surface area (Å²) >= 11 is 0. The predicted octanol–water partition coefficient (Wildman–Crippen LogP) is 2.37. The number of amides is 3. The van der Waals surface area contributed by atoms with Gasteiger partial charge in [0.1, 0.15) is 5.69 Å². The summed E-state index contributed by atoms with van der Waals surface area (Å²) in [5.41, 5.74) is 2.49. The molecule has 3 amide bonds. The second kappa shape index (κ2) is 8.65. The number of hydrogen-bond acceptors (Lipinski definition) is 4. The van der Waals surface area contributed by atoms with E-state index in [-0.39, 0.29) is 17.5 Å². The molecule has 7 heteroatoms. The van der Waals surface area contributed by atoms with E-state index in [0.717, 1.165) is 6.41 Å². The molecule has 3 rings (SSSR count). The largest absolute Gasteiger partial charge is 0.342 e. The maximum Gasteiger partial charge on any atom is 0.272 e. The normalized spacial score (nSPS) is 14.1. The van der Waals surface area contributed by atoms with Crippen molar-refractivity contribution in [3.05, 3.63) is 59.4 Å². The highest BCUT2D eigenvalue weighted by Crippen LogP contribution is 2.18. The van der Waals surface area contributed by atoms with E-state index in [1.54, 1.807) is 15.9 Å². The fourth-order valence-corrected chi connectivity index (χ4v) is 3.04. The van der Waals surface area contributed by atoms with Crippen LogP contribution in [0, 0.1) is 0 Å². The van der Waals surface area contributed by atoms with E-state index in [9.17, 15) is 14.4 Å². The van der Waals surface area contributed by atoms with Gasteiger partial charge in [0.15, 0.2) is 0 Å². The average Bonchev–Trinajstić information content (AvgIpc) is 2.73. The molecule has 1 aliphatic heterocycles. The van der Waals surface area contributed by atoms with Gasteiger partial charge in [-0.1, -0.05) is 26.0 Å². The van der Waals surface area contributed by atoms with Gasteiger partial charge in [-0.15, -0.1) is 0 Å². The molecule has 146 valence electrons. The zero-order valence-electron chi connectivity index (χ0n) is 16.1. The molecule has 0 saturated carbocycles. The second-order valence-corrected chi connectivity index (χ2v) is 7.09. The highest BCUT2D eigenvalue weighted by molar-refractivity contribution is 6.05. The SMILES string of the molecule is CC(C)c1ccc(NC(=O)c2ccnc(C(=O)N3CCN(C=O)CC3)c2)cc1. The Hall–Kier alpha value is -3.22. The van der Waals surface area contributed by atoms with Crippen LogP contribution >= 0.6 is 0 Å². The number of piperazine rings is 1. The van der Waals surface area contributed by atoms with E-state index in [2.05, 4.69) is 24.1 Å². The molecule has 2 heterocycles. The van der Waals surface area contributed by atoms with Gasteiger partial charge in [0.05, 0.1) is 0 Å². The third kappa shape index (κ3) is 4.54. The van der Waals surface area contributed by atoms with Gasteiger partial charge in [-0.2, -0.15) is 0 Å². The minimum absolute atomic E-state index is 0.224. The summed E-state index contributed by atoms with van der Waals surface area (Å²) in [5.74, 6) is -0.104. The Balaban J connectivity index is 1.67. The number of carbonyl (C=O) groups excluding carboxylic acids is 3. The van der Waals surface area contributed by atoms with Crippen LogP contribution in [0.15, 0.2) is 42.6 Å². The van der Waals surface area contributed by atoms with E-state index in [1.165, 1.54) is 17.8 Å². The molecule has 0 radical (unpaired) electrons. The van der Waals surface area contributed by atoms with Crippen LogP contribution in [0.25, 0.3) is 0 Å². The van der Waals surface area contributed by atoms with Crippen LogP contribution in [0.4, 0.5) is 5.69 Å². The van der Waals surface area contributed by atoms with Gasteiger partial charge >= 0.3 is 0 Å². The molecular formula is C21H24N4O3. The summed E-state index contributed by atoms with van der Waals surface area (Å²) < 4.78 is 0. The molecule has 0 bridgehead atoms. The van der Waals surface area contributed by atoms with Gasteiger partial charge in [0.2, 0.25) is 6.41 Å². The Morgan fingerprint density at radius 2 is 1.75 bits per heavy atom. The van der Waals surface area contributed by atoms with Crippen molar-refractivity contribution in [2.45, 2.75) is 19.8 Å². The number of benzene rings is 1. The van der Waals surface area contributed by atoms with Crippen LogP contribution in [0.1, 0.15) is 46.2 Å². The minimum atomic E-state index is -0.292. The molecule has 1 aromatic carbocycles. The van der Waals surface area contributed by atoms with Gasteiger partial charge in [0.25, 0.3) is 11.8 Å². The smallest absolute Gasteiger partial charge is 0.272 e. The van der Waals surface area contributed by atoms with Gasteiger partial charge in [-0.25, -0.2) is 0 Å². The summed E-state index contributed by atoms with van der Waals surface area (Å²) in [6.45, 7) is 6.14. The highest BCUT2D eigenvalue weighted by Gasteiger charge is 2.23. The third-order valence-electron chi connectivity index (χ3n) is 4.83. The minimum Gasteiger partial charge on any atom is -0.342 e. The van der Waals surface area contributed by atoms with E-state index in [0.29, 0.717) is 43.3 Å². The summed E-state index contributed by atoms with van der Waals surface area (Å²) in [6, 6.07) is 10.8. The lowest BCUT2D eigenvalue weighted by molar-refractivity contribution is -0.119. The van der Waals surface area contributed by atoms with Crippen molar-refractivity contribution in [2.24, 2.45) is 0 Å². The van der Waals surface area contributed by atoms with Gasteiger partial charge in [0, 0.05) is 43.6 Å². The van der Waals surface area contributed by atoms with Crippen molar-refractivity contribution in [1.29, 1.82) is 0 Å². The maximum absolute atomic E-state index is 12.7. The zero-order chi connectivity index (χ0) is 20.1. The first kappa shape index (κ1) is 19.5. The number of hydrogen-bond donors (Lipinski definition) is 1. The highest BCUT2D eigenvalue weighted by atomic mass is 16.2. The number of pyridine rings is 1. The molecule has 2 aromatic rings. The Bertz CT molecular complexity index is 856. The Labute approximate surface area is 164 Å². The maximum atomic E-state index is 12.7. The molecule has 0 atom stereocenters. The number of carbonyl (C=O) groups is 3. The van der Waals surface area contributed by atoms with Gasteiger partial charge in [-0.05, 0) is 35.7 Å². The van der Waals surface area contributed by atoms with Crippen LogP contribution in [0.3, 0.4) is 0 Å². The Kier molecular flexibility index (Phi) is 6.03.